The molecule has 0 fully saturated rings. The van der Waals surface area contributed by atoms with E-state index in [2.05, 4.69) is 22.6 Å². The van der Waals surface area contributed by atoms with Gasteiger partial charge in [-0.2, -0.15) is 0 Å². The number of halogens is 1. The molecule has 0 bridgehead atoms. The molecular formula is C15H15IO2S. The van der Waals surface area contributed by atoms with Gasteiger partial charge in [-0.25, -0.2) is 4.21 Å². The SMILES string of the molecule is COc1cc(C)cc(S(=O)c2ccc(C)cc2)c1I. The molecule has 0 aromatic heterocycles. The summed E-state index contributed by atoms with van der Waals surface area (Å²) in [5.74, 6) is 0.774. The van der Waals surface area contributed by atoms with Crippen molar-refractivity contribution in [1.82, 2.24) is 0 Å². The average Bonchev–Trinajstić information content (AvgIpc) is 2.41. The van der Waals surface area contributed by atoms with E-state index in [4.69, 9.17) is 4.74 Å². The van der Waals surface area contributed by atoms with Gasteiger partial charge in [0.1, 0.15) is 5.75 Å². The maximum absolute atomic E-state index is 12.6. The first-order valence-electron chi connectivity index (χ1n) is 5.85. The number of ether oxygens (including phenoxy) is 1. The first-order valence-corrected chi connectivity index (χ1v) is 8.08. The summed E-state index contributed by atoms with van der Waals surface area (Å²) < 4.78 is 18.9. The fourth-order valence-corrected chi connectivity index (χ4v) is 4.10. The van der Waals surface area contributed by atoms with Crippen molar-refractivity contribution < 1.29 is 8.95 Å². The summed E-state index contributed by atoms with van der Waals surface area (Å²) in [5, 5.41) is 0. The van der Waals surface area contributed by atoms with Crippen molar-refractivity contribution in [2.75, 3.05) is 7.11 Å². The smallest absolute Gasteiger partial charge is 0.133 e. The van der Waals surface area contributed by atoms with Gasteiger partial charge in [-0.15, -0.1) is 0 Å². The minimum absolute atomic E-state index is 0.774. The first-order chi connectivity index (χ1) is 9.02. The summed E-state index contributed by atoms with van der Waals surface area (Å²) in [5.41, 5.74) is 2.21. The average molecular weight is 386 g/mol. The van der Waals surface area contributed by atoms with E-state index in [1.165, 1.54) is 0 Å². The highest BCUT2D eigenvalue weighted by Gasteiger charge is 2.15. The Balaban J connectivity index is 2.49. The molecule has 100 valence electrons. The second-order valence-corrected chi connectivity index (χ2v) is 6.89. The topological polar surface area (TPSA) is 26.3 Å². The van der Waals surface area contributed by atoms with Gasteiger partial charge in [0, 0.05) is 4.90 Å². The molecule has 0 saturated heterocycles. The van der Waals surface area contributed by atoms with E-state index < -0.39 is 10.8 Å². The van der Waals surface area contributed by atoms with Gasteiger partial charge >= 0.3 is 0 Å². The number of rotatable bonds is 3. The molecule has 0 radical (unpaired) electrons. The summed E-state index contributed by atoms with van der Waals surface area (Å²) >= 11 is 2.19. The van der Waals surface area contributed by atoms with Gasteiger partial charge < -0.3 is 4.74 Å². The van der Waals surface area contributed by atoms with Crippen LogP contribution in [0.15, 0.2) is 46.2 Å². The van der Waals surface area contributed by atoms with Crippen LogP contribution in [0.2, 0.25) is 0 Å². The van der Waals surface area contributed by atoms with Crippen molar-refractivity contribution >= 4 is 33.4 Å². The lowest BCUT2D eigenvalue weighted by molar-refractivity contribution is 0.410. The largest absolute Gasteiger partial charge is 0.496 e. The summed E-state index contributed by atoms with van der Waals surface area (Å²) in [6, 6.07) is 11.7. The molecule has 0 amide bonds. The van der Waals surface area contributed by atoms with E-state index in [0.717, 1.165) is 30.2 Å². The van der Waals surface area contributed by atoms with Gasteiger partial charge in [0.25, 0.3) is 0 Å². The molecule has 2 aromatic carbocycles. The van der Waals surface area contributed by atoms with Crippen molar-refractivity contribution in [2.24, 2.45) is 0 Å². The molecule has 4 heteroatoms. The second-order valence-electron chi connectivity index (χ2n) is 4.36. The molecule has 0 aliphatic heterocycles. The molecule has 1 atom stereocenters. The highest BCUT2D eigenvalue weighted by molar-refractivity contribution is 14.1. The van der Waals surface area contributed by atoms with E-state index in [-0.39, 0.29) is 0 Å². The van der Waals surface area contributed by atoms with E-state index in [0.29, 0.717) is 0 Å². The monoisotopic (exact) mass is 386 g/mol. The highest BCUT2D eigenvalue weighted by atomic mass is 127. The molecule has 0 heterocycles. The van der Waals surface area contributed by atoms with Crippen LogP contribution in [0.5, 0.6) is 5.75 Å². The third-order valence-corrected chi connectivity index (χ3v) is 5.71. The molecule has 0 aliphatic rings. The van der Waals surface area contributed by atoms with Crippen LogP contribution >= 0.6 is 22.6 Å². The lowest BCUT2D eigenvalue weighted by Gasteiger charge is -2.11. The highest BCUT2D eigenvalue weighted by Crippen LogP contribution is 2.30. The molecule has 2 nitrogen and oxygen atoms in total. The van der Waals surface area contributed by atoms with Gasteiger partial charge in [0.2, 0.25) is 0 Å². The number of aryl methyl sites for hydroxylation is 2. The van der Waals surface area contributed by atoms with Crippen LogP contribution in [0.4, 0.5) is 0 Å². The number of methoxy groups -OCH3 is 1. The molecule has 2 rings (SSSR count). The van der Waals surface area contributed by atoms with Crippen LogP contribution in [0, 0.1) is 17.4 Å². The fourth-order valence-electron chi connectivity index (χ4n) is 1.78. The Morgan fingerprint density at radius 2 is 1.68 bits per heavy atom. The normalized spacial score (nSPS) is 12.2. The molecule has 0 N–H and O–H groups in total. The number of benzene rings is 2. The zero-order chi connectivity index (χ0) is 14.0. The van der Waals surface area contributed by atoms with Gasteiger partial charge in [-0.1, -0.05) is 17.7 Å². The van der Waals surface area contributed by atoms with E-state index in [1.54, 1.807) is 7.11 Å². The van der Waals surface area contributed by atoms with E-state index >= 15 is 0 Å². The third-order valence-electron chi connectivity index (χ3n) is 2.80. The van der Waals surface area contributed by atoms with E-state index in [1.807, 2.05) is 50.2 Å². The predicted molar refractivity (Wildman–Crippen MR) is 86.3 cm³/mol. The minimum atomic E-state index is -1.18. The summed E-state index contributed by atoms with van der Waals surface area (Å²) in [7, 11) is 0.458. The van der Waals surface area contributed by atoms with E-state index in [9.17, 15) is 4.21 Å². The maximum atomic E-state index is 12.6. The molecule has 0 aliphatic carbocycles. The summed E-state index contributed by atoms with van der Waals surface area (Å²) in [6.45, 7) is 4.00. The zero-order valence-electron chi connectivity index (χ0n) is 11.1. The summed E-state index contributed by atoms with van der Waals surface area (Å²) in [4.78, 5) is 1.62. The van der Waals surface area contributed by atoms with Crippen LogP contribution in [0.1, 0.15) is 11.1 Å². The lowest BCUT2D eigenvalue weighted by Crippen LogP contribution is -1.99. The standard InChI is InChI=1S/C15H15IO2S/c1-10-4-6-12(7-5-10)19(17)14-9-11(2)8-13(18-3)15(14)16/h4-9H,1-3H3. The number of hydrogen-bond acceptors (Lipinski definition) is 2. The molecule has 19 heavy (non-hydrogen) atoms. The number of hydrogen-bond donors (Lipinski definition) is 0. The Morgan fingerprint density at radius 1 is 1.05 bits per heavy atom. The van der Waals surface area contributed by atoms with Crippen molar-refractivity contribution in [1.29, 1.82) is 0 Å². The van der Waals surface area contributed by atoms with Crippen LogP contribution in [-0.4, -0.2) is 11.3 Å². The zero-order valence-corrected chi connectivity index (χ0v) is 14.0. The van der Waals surface area contributed by atoms with Crippen LogP contribution < -0.4 is 4.74 Å². The second kappa shape index (κ2) is 6.05. The van der Waals surface area contributed by atoms with Crippen molar-refractivity contribution in [2.45, 2.75) is 23.6 Å². The molecule has 0 spiro atoms. The van der Waals surface area contributed by atoms with Crippen molar-refractivity contribution in [3.63, 3.8) is 0 Å². The Bertz CT molecular complexity index is 621. The summed E-state index contributed by atoms with van der Waals surface area (Å²) in [6.07, 6.45) is 0. The van der Waals surface area contributed by atoms with Gasteiger partial charge in [0.05, 0.1) is 26.4 Å². The predicted octanol–water partition coefficient (Wildman–Crippen LogP) is 4.08. The molecular weight excluding hydrogens is 371 g/mol. The molecule has 2 aromatic rings. The maximum Gasteiger partial charge on any atom is 0.133 e. The van der Waals surface area contributed by atoms with Gasteiger partial charge in [-0.05, 0) is 66.3 Å². The van der Waals surface area contributed by atoms with Crippen LogP contribution in [-0.2, 0) is 10.8 Å². The van der Waals surface area contributed by atoms with Gasteiger partial charge in [0.15, 0.2) is 0 Å². The fraction of sp³-hybridized carbons (Fsp3) is 0.200. The van der Waals surface area contributed by atoms with Crippen LogP contribution in [0.3, 0.4) is 0 Å². The Labute approximate surface area is 129 Å². The van der Waals surface area contributed by atoms with Gasteiger partial charge in [-0.3, -0.25) is 0 Å². The Hall–Kier alpha value is -0.880. The molecule has 1 unspecified atom stereocenters. The third kappa shape index (κ3) is 3.17. The van der Waals surface area contributed by atoms with Crippen molar-refractivity contribution in [3.05, 3.63) is 51.1 Å². The Morgan fingerprint density at radius 3 is 2.26 bits per heavy atom. The minimum Gasteiger partial charge on any atom is -0.496 e. The quantitative estimate of drug-likeness (QED) is 0.743. The molecule has 0 saturated carbocycles. The van der Waals surface area contributed by atoms with Crippen LogP contribution in [0.25, 0.3) is 0 Å². The first kappa shape index (κ1) is 14.5. The lowest BCUT2D eigenvalue weighted by atomic mass is 10.2. The Kier molecular flexibility index (Phi) is 4.62. The van der Waals surface area contributed by atoms with Crippen molar-refractivity contribution in [3.8, 4) is 5.75 Å².